The van der Waals surface area contributed by atoms with Gasteiger partial charge in [-0.2, -0.15) is 0 Å². The van der Waals surface area contributed by atoms with Crippen LogP contribution in [0.4, 0.5) is 0 Å². The number of fused-ring (bicyclic) bond motifs is 19. The third kappa shape index (κ3) is 5.07. The monoisotopic (exact) mass is 861 g/mol. The first-order chi connectivity index (χ1) is 33.7. The van der Waals surface area contributed by atoms with Crippen LogP contribution in [-0.4, -0.2) is 14.5 Å². The van der Waals surface area contributed by atoms with Crippen molar-refractivity contribution in [3.63, 3.8) is 0 Å². The molecule has 0 aliphatic heterocycles. The molecule has 15 rings (SSSR count). The highest BCUT2D eigenvalue weighted by Crippen LogP contribution is 2.63. The van der Waals surface area contributed by atoms with E-state index in [1.807, 2.05) is 6.20 Å². The Bertz CT molecular complexity index is 4170. The molecule has 0 radical (unpaired) electrons. The van der Waals surface area contributed by atoms with Crippen LogP contribution in [0.2, 0.25) is 0 Å². The lowest BCUT2D eigenvalue weighted by atomic mass is 9.70. The van der Waals surface area contributed by atoms with Gasteiger partial charge in [0.25, 0.3) is 0 Å². The molecule has 2 heterocycles. The van der Waals surface area contributed by atoms with Gasteiger partial charge in [0.2, 0.25) is 0 Å². The predicted octanol–water partition coefficient (Wildman–Crippen LogP) is 16.4. The largest absolute Gasteiger partial charge is 0.309 e. The third-order valence-electron chi connectivity index (χ3n) is 15.0. The Morgan fingerprint density at radius 2 is 0.809 bits per heavy atom. The summed E-state index contributed by atoms with van der Waals surface area (Å²) in [5, 5.41) is 7.07. The highest BCUT2D eigenvalue weighted by molar-refractivity contribution is 6.23. The first-order valence-corrected chi connectivity index (χ1v) is 23.5. The molecular formula is C65H39N3. The van der Waals surface area contributed by atoms with E-state index in [2.05, 4.69) is 235 Å². The van der Waals surface area contributed by atoms with Crippen molar-refractivity contribution in [3.8, 4) is 61.5 Å². The second-order valence-corrected chi connectivity index (χ2v) is 18.4. The zero-order valence-corrected chi connectivity index (χ0v) is 36.9. The normalized spacial score (nSPS) is 13.1. The van der Waals surface area contributed by atoms with Crippen molar-refractivity contribution in [2.75, 3.05) is 0 Å². The number of hydrogen-bond acceptors (Lipinski definition) is 2. The number of nitrogens with zero attached hydrogens (tertiary/aromatic N) is 3. The van der Waals surface area contributed by atoms with Gasteiger partial charge in [0.15, 0.2) is 0 Å². The SMILES string of the molecule is c1cc(-c2cnc3c4ccccc4c4ccccc4c3n2)cc(-n2c3ccccc3c3cc(-c4ccc(-c5ccc6c(c5)C5(c7ccccc7-c7ccccc75)c5ccccc5-6)cc4)ccc32)c1. The van der Waals surface area contributed by atoms with Crippen molar-refractivity contribution >= 4 is 54.4 Å². The topological polar surface area (TPSA) is 30.7 Å². The second kappa shape index (κ2) is 14.0. The Kier molecular flexibility index (Phi) is 7.71. The summed E-state index contributed by atoms with van der Waals surface area (Å²) in [6.45, 7) is 0. The van der Waals surface area contributed by atoms with Gasteiger partial charge in [0.05, 0.1) is 39.4 Å². The maximum atomic E-state index is 5.33. The molecule has 0 amide bonds. The summed E-state index contributed by atoms with van der Waals surface area (Å²) in [7, 11) is 0. The molecule has 314 valence electrons. The molecule has 2 aliphatic rings. The molecule has 0 saturated heterocycles. The van der Waals surface area contributed by atoms with Gasteiger partial charge in [-0.1, -0.05) is 194 Å². The van der Waals surface area contributed by atoms with Gasteiger partial charge in [-0.05, 0) is 114 Å². The summed E-state index contributed by atoms with van der Waals surface area (Å²) in [6.07, 6.45) is 1.93. The lowest BCUT2D eigenvalue weighted by Crippen LogP contribution is -2.25. The molecular weight excluding hydrogens is 823 g/mol. The first kappa shape index (κ1) is 37.3. The molecule has 0 unspecified atom stereocenters. The maximum Gasteiger partial charge on any atom is 0.0979 e. The zero-order valence-electron chi connectivity index (χ0n) is 36.9. The van der Waals surface area contributed by atoms with Crippen LogP contribution in [0.15, 0.2) is 237 Å². The fraction of sp³-hybridized carbons (Fsp3) is 0.0154. The predicted molar refractivity (Wildman–Crippen MR) is 281 cm³/mol. The second-order valence-electron chi connectivity index (χ2n) is 18.4. The Morgan fingerprint density at radius 1 is 0.309 bits per heavy atom. The van der Waals surface area contributed by atoms with Crippen molar-refractivity contribution in [1.82, 2.24) is 14.5 Å². The Hall–Kier alpha value is -8.92. The van der Waals surface area contributed by atoms with Crippen LogP contribution in [0.3, 0.4) is 0 Å². The molecule has 2 aliphatic carbocycles. The quantitative estimate of drug-likeness (QED) is 0.165. The summed E-state index contributed by atoms with van der Waals surface area (Å²) < 4.78 is 2.39. The van der Waals surface area contributed by atoms with Crippen LogP contribution in [0, 0.1) is 0 Å². The van der Waals surface area contributed by atoms with E-state index in [-0.39, 0.29) is 5.41 Å². The molecule has 13 aromatic rings. The molecule has 3 nitrogen and oxygen atoms in total. The summed E-state index contributed by atoms with van der Waals surface area (Å²) in [5.74, 6) is 0. The van der Waals surface area contributed by atoms with Crippen molar-refractivity contribution in [3.05, 3.63) is 259 Å². The Morgan fingerprint density at radius 3 is 1.47 bits per heavy atom. The third-order valence-corrected chi connectivity index (χ3v) is 15.0. The summed E-state index contributed by atoms with van der Waals surface area (Å²) >= 11 is 0. The standard InChI is InChI=1S/C65H39N3/c1-3-22-53-46(16-1)47-17-2-4-23-54(47)64-63(53)66-39-60(67-64)44-14-13-15-45(36-44)68-61-27-12-8-21-52(61)55-37-42(33-35-62(55)68)40-28-30-41(31-29-40)43-32-34-51-50-20-7-11-26-58(50)65(59(51)38-43)56-24-9-5-18-48(56)49-19-6-10-25-57(49)65/h1-39H. The van der Waals surface area contributed by atoms with Crippen molar-refractivity contribution in [2.45, 2.75) is 5.41 Å². The lowest BCUT2D eigenvalue weighted by molar-refractivity contribution is 0.794. The minimum atomic E-state index is -0.361. The number of rotatable bonds is 4. The van der Waals surface area contributed by atoms with E-state index in [0.717, 1.165) is 44.3 Å². The van der Waals surface area contributed by atoms with E-state index in [9.17, 15) is 0 Å². The molecule has 0 fully saturated rings. The highest BCUT2D eigenvalue weighted by atomic mass is 15.0. The average molecular weight is 862 g/mol. The van der Waals surface area contributed by atoms with Crippen LogP contribution in [0.25, 0.3) is 116 Å². The maximum absolute atomic E-state index is 5.33. The fourth-order valence-corrected chi connectivity index (χ4v) is 12.1. The van der Waals surface area contributed by atoms with Gasteiger partial charge in [-0.15, -0.1) is 0 Å². The molecule has 0 atom stereocenters. The number of aromatic nitrogens is 3. The number of para-hydroxylation sites is 1. The molecule has 68 heavy (non-hydrogen) atoms. The van der Waals surface area contributed by atoms with E-state index in [1.165, 1.54) is 93.8 Å². The molecule has 2 aromatic heterocycles. The lowest BCUT2D eigenvalue weighted by Gasteiger charge is -2.30. The molecule has 3 heteroatoms. The van der Waals surface area contributed by atoms with E-state index in [0.29, 0.717) is 0 Å². The van der Waals surface area contributed by atoms with E-state index < -0.39 is 0 Å². The van der Waals surface area contributed by atoms with Crippen LogP contribution >= 0.6 is 0 Å². The molecule has 0 saturated carbocycles. The number of hydrogen-bond donors (Lipinski definition) is 0. The minimum absolute atomic E-state index is 0.361. The Labute approximate surface area is 392 Å². The zero-order chi connectivity index (χ0) is 44.5. The molecule has 0 N–H and O–H groups in total. The van der Waals surface area contributed by atoms with Crippen LogP contribution in [0.1, 0.15) is 22.3 Å². The van der Waals surface area contributed by atoms with Gasteiger partial charge in [-0.25, -0.2) is 4.98 Å². The molecule has 11 aromatic carbocycles. The van der Waals surface area contributed by atoms with Gasteiger partial charge >= 0.3 is 0 Å². The van der Waals surface area contributed by atoms with Crippen LogP contribution < -0.4 is 0 Å². The molecule has 1 spiro atoms. The summed E-state index contributed by atoms with van der Waals surface area (Å²) in [5.41, 5.74) is 22.3. The van der Waals surface area contributed by atoms with E-state index in [4.69, 9.17) is 9.97 Å². The first-order valence-electron chi connectivity index (χ1n) is 23.5. The minimum Gasteiger partial charge on any atom is -0.309 e. The Balaban J connectivity index is 0.807. The molecule has 0 bridgehead atoms. The van der Waals surface area contributed by atoms with E-state index >= 15 is 0 Å². The van der Waals surface area contributed by atoms with Gasteiger partial charge in [0, 0.05) is 32.8 Å². The average Bonchev–Trinajstić information content (AvgIpc) is 4.02. The fourth-order valence-electron chi connectivity index (χ4n) is 12.1. The van der Waals surface area contributed by atoms with Gasteiger partial charge < -0.3 is 4.57 Å². The van der Waals surface area contributed by atoms with Crippen molar-refractivity contribution in [2.24, 2.45) is 0 Å². The van der Waals surface area contributed by atoms with Crippen molar-refractivity contribution in [1.29, 1.82) is 0 Å². The van der Waals surface area contributed by atoms with E-state index in [1.54, 1.807) is 0 Å². The summed E-state index contributed by atoms with van der Waals surface area (Å²) in [6, 6.07) is 84.8. The van der Waals surface area contributed by atoms with Crippen LogP contribution in [-0.2, 0) is 5.41 Å². The van der Waals surface area contributed by atoms with Gasteiger partial charge in [0.1, 0.15) is 0 Å². The van der Waals surface area contributed by atoms with Gasteiger partial charge in [-0.3, -0.25) is 4.98 Å². The number of benzene rings is 11. The van der Waals surface area contributed by atoms with Crippen LogP contribution in [0.5, 0.6) is 0 Å². The highest BCUT2D eigenvalue weighted by Gasteiger charge is 2.51. The smallest absolute Gasteiger partial charge is 0.0979 e. The summed E-state index contributed by atoms with van der Waals surface area (Å²) in [4.78, 5) is 10.4. The van der Waals surface area contributed by atoms with Crippen molar-refractivity contribution < 1.29 is 0 Å².